The molecule has 2 rings (SSSR count). The van der Waals surface area contributed by atoms with Crippen molar-refractivity contribution in [2.24, 2.45) is 0 Å². The zero-order valence-electron chi connectivity index (χ0n) is 8.37. The third-order valence-corrected chi connectivity index (χ3v) is 2.47. The van der Waals surface area contributed by atoms with Gasteiger partial charge < -0.3 is 14.6 Å². The van der Waals surface area contributed by atoms with Gasteiger partial charge in [-0.15, -0.1) is 0 Å². The Labute approximate surface area is 85.8 Å². The van der Waals surface area contributed by atoms with E-state index in [0.29, 0.717) is 11.0 Å². The first-order chi connectivity index (χ1) is 7.00. The van der Waals surface area contributed by atoms with E-state index in [1.54, 1.807) is 12.1 Å². The van der Waals surface area contributed by atoms with E-state index in [1.807, 2.05) is 13.8 Å². The lowest BCUT2D eigenvalue weighted by Gasteiger charge is -1.97. The van der Waals surface area contributed by atoms with E-state index in [1.165, 1.54) is 0 Å². The largest absolute Gasteiger partial charge is 0.504 e. The van der Waals surface area contributed by atoms with Gasteiger partial charge in [0.25, 0.3) is 5.76 Å². The Morgan fingerprint density at radius 1 is 1.27 bits per heavy atom. The first-order valence-corrected chi connectivity index (χ1v) is 4.46. The van der Waals surface area contributed by atoms with Crippen molar-refractivity contribution in [2.45, 2.75) is 13.8 Å². The summed E-state index contributed by atoms with van der Waals surface area (Å²) < 4.78 is 5.05. The van der Waals surface area contributed by atoms with Gasteiger partial charge in [0.05, 0.1) is 5.39 Å². The van der Waals surface area contributed by atoms with Crippen molar-refractivity contribution in [1.82, 2.24) is 0 Å². The standard InChI is InChI=1S/C11H10O4/c1-5-3-7-8(4-6(5)2)15-10(9(7)12)11(13)14/h3-4,12H,1-2H3,(H,13,14). The Hall–Kier alpha value is -1.97. The van der Waals surface area contributed by atoms with Gasteiger partial charge in [0, 0.05) is 0 Å². The van der Waals surface area contributed by atoms with Crippen LogP contribution in [0.15, 0.2) is 16.5 Å². The number of furan rings is 1. The first kappa shape index (κ1) is 9.58. The SMILES string of the molecule is Cc1cc2oc(C(=O)O)c(O)c2cc1C. The average Bonchev–Trinajstić information content (AvgIpc) is 2.46. The van der Waals surface area contributed by atoms with Gasteiger partial charge in [-0.2, -0.15) is 0 Å². The van der Waals surface area contributed by atoms with Crippen molar-refractivity contribution in [1.29, 1.82) is 0 Å². The number of aryl methyl sites for hydroxylation is 2. The minimum atomic E-state index is -1.26. The van der Waals surface area contributed by atoms with E-state index >= 15 is 0 Å². The second kappa shape index (κ2) is 3.02. The highest BCUT2D eigenvalue weighted by Crippen LogP contribution is 2.33. The summed E-state index contributed by atoms with van der Waals surface area (Å²) in [5, 5.41) is 18.8. The highest BCUT2D eigenvalue weighted by atomic mass is 16.4. The zero-order valence-corrected chi connectivity index (χ0v) is 8.37. The molecule has 4 nitrogen and oxygen atoms in total. The smallest absolute Gasteiger partial charge is 0.375 e. The van der Waals surface area contributed by atoms with Gasteiger partial charge in [0.2, 0.25) is 0 Å². The van der Waals surface area contributed by atoms with E-state index in [-0.39, 0.29) is 5.75 Å². The van der Waals surface area contributed by atoms with Crippen LogP contribution < -0.4 is 0 Å². The number of aromatic carboxylic acids is 1. The number of hydrogen-bond acceptors (Lipinski definition) is 3. The van der Waals surface area contributed by atoms with Crippen LogP contribution in [0.4, 0.5) is 0 Å². The van der Waals surface area contributed by atoms with E-state index in [0.717, 1.165) is 11.1 Å². The third-order valence-electron chi connectivity index (χ3n) is 2.47. The monoisotopic (exact) mass is 206 g/mol. The molecule has 15 heavy (non-hydrogen) atoms. The molecule has 2 N–H and O–H groups in total. The minimum absolute atomic E-state index is 0.305. The van der Waals surface area contributed by atoms with Crippen LogP contribution in [0.1, 0.15) is 21.7 Å². The molecular formula is C11H10O4. The molecule has 4 heteroatoms. The summed E-state index contributed by atoms with van der Waals surface area (Å²) in [6.45, 7) is 3.79. The van der Waals surface area contributed by atoms with Gasteiger partial charge in [-0.1, -0.05) is 0 Å². The fourth-order valence-electron chi connectivity index (χ4n) is 1.48. The van der Waals surface area contributed by atoms with E-state index in [9.17, 15) is 9.90 Å². The first-order valence-electron chi connectivity index (χ1n) is 4.46. The van der Waals surface area contributed by atoms with Crippen molar-refractivity contribution in [3.63, 3.8) is 0 Å². The Balaban J connectivity index is 2.83. The molecule has 2 aromatic rings. The minimum Gasteiger partial charge on any atom is -0.504 e. The lowest BCUT2D eigenvalue weighted by molar-refractivity contribution is 0.0660. The second-order valence-electron chi connectivity index (χ2n) is 3.52. The van der Waals surface area contributed by atoms with Gasteiger partial charge in [-0.3, -0.25) is 0 Å². The number of fused-ring (bicyclic) bond motifs is 1. The van der Waals surface area contributed by atoms with Crippen molar-refractivity contribution in [2.75, 3.05) is 0 Å². The molecule has 0 aliphatic rings. The molecule has 1 heterocycles. The number of aromatic hydroxyl groups is 1. The predicted molar refractivity (Wildman–Crippen MR) is 54.3 cm³/mol. The van der Waals surface area contributed by atoms with Crippen LogP contribution in [0.3, 0.4) is 0 Å². The molecule has 0 fully saturated rings. The number of carboxylic acid groups (broad SMARTS) is 1. The molecule has 0 aliphatic carbocycles. The fourth-order valence-corrected chi connectivity index (χ4v) is 1.48. The van der Waals surface area contributed by atoms with Crippen molar-refractivity contribution >= 4 is 16.9 Å². The van der Waals surface area contributed by atoms with Crippen molar-refractivity contribution in [3.05, 3.63) is 29.0 Å². The van der Waals surface area contributed by atoms with E-state index < -0.39 is 11.7 Å². The molecule has 1 aromatic heterocycles. The van der Waals surface area contributed by atoms with Crippen LogP contribution in [0.2, 0.25) is 0 Å². The van der Waals surface area contributed by atoms with Gasteiger partial charge in [-0.05, 0) is 37.1 Å². The lowest BCUT2D eigenvalue weighted by atomic mass is 10.1. The predicted octanol–water partition coefficient (Wildman–Crippen LogP) is 2.45. The molecule has 0 unspecified atom stereocenters. The molecule has 0 radical (unpaired) electrons. The van der Waals surface area contributed by atoms with Crippen molar-refractivity contribution in [3.8, 4) is 5.75 Å². The number of carboxylic acids is 1. The summed E-state index contributed by atoms with van der Waals surface area (Å²) in [7, 11) is 0. The highest BCUT2D eigenvalue weighted by molar-refractivity contribution is 5.98. The lowest BCUT2D eigenvalue weighted by Crippen LogP contribution is -1.92. The Bertz CT molecular complexity index is 551. The van der Waals surface area contributed by atoms with Crippen LogP contribution in [0.25, 0.3) is 11.0 Å². The maximum absolute atomic E-state index is 10.7. The summed E-state index contributed by atoms with van der Waals surface area (Å²) in [4.78, 5) is 10.7. The number of carbonyl (C=O) groups is 1. The van der Waals surface area contributed by atoms with Crippen molar-refractivity contribution < 1.29 is 19.4 Å². The molecule has 0 atom stereocenters. The van der Waals surface area contributed by atoms with Crippen LogP contribution in [-0.4, -0.2) is 16.2 Å². The molecule has 1 aromatic carbocycles. The zero-order chi connectivity index (χ0) is 11.2. The van der Waals surface area contributed by atoms with E-state index in [2.05, 4.69) is 0 Å². The maximum atomic E-state index is 10.7. The Morgan fingerprint density at radius 2 is 1.87 bits per heavy atom. The second-order valence-corrected chi connectivity index (χ2v) is 3.52. The number of rotatable bonds is 1. The molecule has 0 bridgehead atoms. The molecule has 0 amide bonds. The summed E-state index contributed by atoms with van der Waals surface area (Å²) in [6.07, 6.45) is 0. The molecule has 0 spiro atoms. The van der Waals surface area contributed by atoms with Gasteiger partial charge in [0.15, 0.2) is 5.75 Å². The van der Waals surface area contributed by atoms with E-state index in [4.69, 9.17) is 9.52 Å². The third kappa shape index (κ3) is 1.34. The molecule has 0 aliphatic heterocycles. The quantitative estimate of drug-likeness (QED) is 0.751. The maximum Gasteiger partial charge on any atom is 0.375 e. The normalized spacial score (nSPS) is 10.8. The molecular weight excluding hydrogens is 196 g/mol. The molecule has 0 saturated carbocycles. The van der Waals surface area contributed by atoms with Crippen LogP contribution in [0, 0.1) is 13.8 Å². The van der Waals surface area contributed by atoms with Gasteiger partial charge in [0.1, 0.15) is 5.58 Å². The summed E-state index contributed by atoms with van der Waals surface area (Å²) in [5.74, 6) is -1.98. The Kier molecular flexibility index (Phi) is 1.93. The molecule has 0 saturated heterocycles. The summed E-state index contributed by atoms with van der Waals surface area (Å²) >= 11 is 0. The topological polar surface area (TPSA) is 70.7 Å². The summed E-state index contributed by atoms with van der Waals surface area (Å²) in [5.41, 5.74) is 2.37. The number of benzene rings is 1. The Morgan fingerprint density at radius 3 is 2.47 bits per heavy atom. The van der Waals surface area contributed by atoms with Gasteiger partial charge >= 0.3 is 5.97 Å². The fraction of sp³-hybridized carbons (Fsp3) is 0.182. The number of hydrogen-bond donors (Lipinski definition) is 2. The molecule has 78 valence electrons. The van der Waals surface area contributed by atoms with Crippen LogP contribution in [0.5, 0.6) is 5.75 Å². The van der Waals surface area contributed by atoms with Gasteiger partial charge in [-0.25, -0.2) is 4.79 Å². The highest BCUT2D eigenvalue weighted by Gasteiger charge is 2.19. The summed E-state index contributed by atoms with van der Waals surface area (Å²) in [6, 6.07) is 3.44. The average molecular weight is 206 g/mol. The van der Waals surface area contributed by atoms with Crippen LogP contribution >= 0.6 is 0 Å². The van der Waals surface area contributed by atoms with Crippen LogP contribution in [-0.2, 0) is 0 Å².